The van der Waals surface area contributed by atoms with Crippen molar-refractivity contribution in [2.45, 2.75) is 55.0 Å². The van der Waals surface area contributed by atoms with Crippen LogP contribution in [0.5, 0.6) is 0 Å². The molecule has 4 nitrogen and oxygen atoms in total. The monoisotopic (exact) mass is 372 g/mol. The van der Waals surface area contributed by atoms with Gasteiger partial charge in [0.1, 0.15) is 5.54 Å². The zero-order valence-electron chi connectivity index (χ0n) is 12.6. The second-order valence-corrected chi connectivity index (χ2v) is 7.91. The van der Waals surface area contributed by atoms with E-state index >= 15 is 0 Å². The molecule has 1 fully saturated rings. The number of aromatic nitrogens is 1. The Kier molecular flexibility index (Phi) is 5.68. The molecule has 6 heteroatoms. The predicted octanol–water partition coefficient (Wildman–Crippen LogP) is 3.40. The standard InChI is InChI=1S/C15H21BrN2O2S/c1-10(2)18-15(14(19)20-3)7-6-12(8-15)21-13-5-4-11(16)9-17-13/h4-5,9-10,12,18H,6-8H2,1-3H3. The molecule has 1 aromatic heterocycles. The molecule has 2 atom stereocenters. The minimum atomic E-state index is -0.546. The lowest BCUT2D eigenvalue weighted by Gasteiger charge is -2.30. The molecule has 0 spiro atoms. The number of ether oxygens (including phenoxy) is 1. The van der Waals surface area contributed by atoms with Crippen LogP contribution in [0.15, 0.2) is 27.8 Å². The molecule has 1 N–H and O–H groups in total. The van der Waals surface area contributed by atoms with Crippen molar-refractivity contribution >= 4 is 33.7 Å². The van der Waals surface area contributed by atoms with E-state index in [-0.39, 0.29) is 12.0 Å². The third-order valence-corrected chi connectivity index (χ3v) is 5.29. The Hall–Kier alpha value is -0.590. The lowest BCUT2D eigenvalue weighted by atomic mass is 9.97. The van der Waals surface area contributed by atoms with E-state index in [1.165, 1.54) is 7.11 Å². The van der Waals surface area contributed by atoms with Crippen LogP contribution in [0.4, 0.5) is 0 Å². The fourth-order valence-electron chi connectivity index (χ4n) is 2.83. The fraction of sp³-hybridized carbons (Fsp3) is 0.600. The van der Waals surface area contributed by atoms with Gasteiger partial charge in [0.25, 0.3) is 0 Å². The highest BCUT2D eigenvalue weighted by Crippen LogP contribution is 2.40. The summed E-state index contributed by atoms with van der Waals surface area (Å²) in [4.78, 5) is 16.6. The smallest absolute Gasteiger partial charge is 0.326 e. The van der Waals surface area contributed by atoms with Crippen molar-refractivity contribution in [2.75, 3.05) is 7.11 Å². The van der Waals surface area contributed by atoms with E-state index in [9.17, 15) is 4.79 Å². The van der Waals surface area contributed by atoms with Crippen LogP contribution in [0, 0.1) is 0 Å². The maximum atomic E-state index is 12.2. The number of thioether (sulfide) groups is 1. The lowest BCUT2D eigenvalue weighted by molar-refractivity contribution is -0.148. The molecule has 116 valence electrons. The van der Waals surface area contributed by atoms with E-state index in [1.54, 1.807) is 18.0 Å². The lowest BCUT2D eigenvalue weighted by Crippen LogP contribution is -2.53. The highest BCUT2D eigenvalue weighted by Gasteiger charge is 2.46. The molecule has 0 saturated heterocycles. The van der Waals surface area contributed by atoms with Gasteiger partial charge >= 0.3 is 5.97 Å². The molecule has 0 amide bonds. The quantitative estimate of drug-likeness (QED) is 0.802. The minimum absolute atomic E-state index is 0.150. The Bertz CT molecular complexity index is 495. The Morgan fingerprint density at radius 2 is 2.33 bits per heavy atom. The van der Waals surface area contributed by atoms with Gasteiger partial charge < -0.3 is 4.74 Å². The number of esters is 1. The molecule has 0 aromatic carbocycles. The van der Waals surface area contributed by atoms with E-state index in [0.717, 1.165) is 28.8 Å². The molecule has 1 aliphatic rings. The summed E-state index contributed by atoms with van der Waals surface area (Å²) in [5.74, 6) is -0.150. The molecule has 2 rings (SSSR count). The van der Waals surface area contributed by atoms with Gasteiger partial charge in [-0.05, 0) is 61.2 Å². The topological polar surface area (TPSA) is 51.2 Å². The molecule has 1 aromatic rings. The number of pyridine rings is 1. The van der Waals surface area contributed by atoms with Gasteiger partial charge in [0.15, 0.2) is 0 Å². The van der Waals surface area contributed by atoms with Crippen molar-refractivity contribution in [3.63, 3.8) is 0 Å². The minimum Gasteiger partial charge on any atom is -0.468 e. The van der Waals surface area contributed by atoms with Crippen LogP contribution in [-0.4, -0.2) is 34.9 Å². The Morgan fingerprint density at radius 1 is 1.57 bits per heavy atom. The molecule has 1 heterocycles. The first-order valence-corrected chi connectivity index (χ1v) is 8.77. The summed E-state index contributed by atoms with van der Waals surface area (Å²) in [5, 5.41) is 4.79. The largest absolute Gasteiger partial charge is 0.468 e. The highest BCUT2D eigenvalue weighted by atomic mass is 79.9. The Labute approximate surface area is 138 Å². The molecular weight excluding hydrogens is 352 g/mol. The Morgan fingerprint density at radius 3 is 2.90 bits per heavy atom. The first kappa shape index (κ1) is 16.8. The van der Waals surface area contributed by atoms with Gasteiger partial charge in [-0.2, -0.15) is 0 Å². The molecule has 1 saturated carbocycles. The summed E-state index contributed by atoms with van der Waals surface area (Å²) >= 11 is 5.13. The second kappa shape index (κ2) is 7.11. The van der Waals surface area contributed by atoms with E-state index < -0.39 is 5.54 Å². The van der Waals surface area contributed by atoms with Gasteiger partial charge in [0.2, 0.25) is 0 Å². The van der Waals surface area contributed by atoms with Gasteiger partial charge in [-0.15, -0.1) is 11.8 Å². The number of rotatable bonds is 5. The van der Waals surface area contributed by atoms with E-state index in [1.807, 2.05) is 12.1 Å². The molecule has 2 unspecified atom stereocenters. The normalized spacial score (nSPS) is 25.3. The van der Waals surface area contributed by atoms with Crippen molar-refractivity contribution in [3.05, 3.63) is 22.8 Å². The third-order valence-electron chi connectivity index (χ3n) is 3.60. The first-order valence-electron chi connectivity index (χ1n) is 7.09. The number of hydrogen-bond acceptors (Lipinski definition) is 5. The number of halogens is 1. The average molecular weight is 373 g/mol. The number of carbonyl (C=O) groups is 1. The number of nitrogens with zero attached hydrogens (tertiary/aromatic N) is 1. The van der Waals surface area contributed by atoms with Crippen LogP contribution in [0.2, 0.25) is 0 Å². The summed E-state index contributed by atoms with van der Waals surface area (Å²) in [6.07, 6.45) is 4.38. The first-order chi connectivity index (χ1) is 9.95. The maximum absolute atomic E-state index is 12.2. The molecule has 0 radical (unpaired) electrons. The zero-order valence-corrected chi connectivity index (χ0v) is 15.0. The SMILES string of the molecule is COC(=O)C1(NC(C)C)CCC(Sc2ccc(Br)cn2)C1. The van der Waals surface area contributed by atoms with Crippen molar-refractivity contribution in [3.8, 4) is 0 Å². The molecular formula is C15H21BrN2O2S. The van der Waals surface area contributed by atoms with Crippen molar-refractivity contribution in [1.82, 2.24) is 10.3 Å². The Balaban J connectivity index is 2.05. The maximum Gasteiger partial charge on any atom is 0.326 e. The summed E-state index contributed by atoms with van der Waals surface area (Å²) < 4.78 is 6.00. The van der Waals surface area contributed by atoms with Crippen LogP contribution >= 0.6 is 27.7 Å². The fourth-order valence-corrected chi connectivity index (χ4v) is 4.27. The van der Waals surface area contributed by atoms with Crippen LogP contribution in [0.1, 0.15) is 33.1 Å². The molecule has 21 heavy (non-hydrogen) atoms. The van der Waals surface area contributed by atoms with E-state index in [2.05, 4.69) is 40.1 Å². The molecule has 1 aliphatic carbocycles. The van der Waals surface area contributed by atoms with Crippen LogP contribution < -0.4 is 5.32 Å². The summed E-state index contributed by atoms with van der Waals surface area (Å²) in [5.41, 5.74) is -0.546. The summed E-state index contributed by atoms with van der Waals surface area (Å²) in [6.45, 7) is 4.11. The van der Waals surface area contributed by atoms with Crippen LogP contribution in [0.3, 0.4) is 0 Å². The molecule has 0 bridgehead atoms. The van der Waals surface area contributed by atoms with Gasteiger partial charge in [-0.1, -0.05) is 0 Å². The van der Waals surface area contributed by atoms with Gasteiger partial charge in [0, 0.05) is 22.0 Å². The number of hydrogen-bond donors (Lipinski definition) is 1. The average Bonchev–Trinajstić information content (AvgIpc) is 2.84. The third kappa shape index (κ3) is 4.20. The second-order valence-electron chi connectivity index (χ2n) is 5.67. The van der Waals surface area contributed by atoms with Crippen LogP contribution in [-0.2, 0) is 9.53 Å². The summed E-state index contributed by atoms with van der Waals surface area (Å²) in [7, 11) is 1.46. The predicted molar refractivity (Wildman–Crippen MR) is 88.5 cm³/mol. The number of carbonyl (C=O) groups excluding carboxylic acids is 1. The summed E-state index contributed by atoms with van der Waals surface area (Å²) in [6, 6.07) is 4.24. The zero-order chi connectivity index (χ0) is 15.5. The van der Waals surface area contributed by atoms with Crippen molar-refractivity contribution < 1.29 is 9.53 Å². The van der Waals surface area contributed by atoms with Gasteiger partial charge in [0.05, 0.1) is 12.1 Å². The number of methoxy groups -OCH3 is 1. The highest BCUT2D eigenvalue weighted by molar-refractivity contribution is 9.10. The van der Waals surface area contributed by atoms with E-state index in [4.69, 9.17) is 4.74 Å². The van der Waals surface area contributed by atoms with Crippen molar-refractivity contribution in [2.24, 2.45) is 0 Å². The number of nitrogens with one attached hydrogen (secondary N) is 1. The van der Waals surface area contributed by atoms with Gasteiger partial charge in [-0.25, -0.2) is 4.98 Å². The molecule has 0 aliphatic heterocycles. The van der Waals surface area contributed by atoms with Gasteiger partial charge in [-0.3, -0.25) is 10.1 Å². The van der Waals surface area contributed by atoms with E-state index in [0.29, 0.717) is 5.25 Å². The van der Waals surface area contributed by atoms with Crippen LogP contribution in [0.25, 0.3) is 0 Å². The van der Waals surface area contributed by atoms with Crippen molar-refractivity contribution in [1.29, 1.82) is 0 Å².